The van der Waals surface area contributed by atoms with Crippen LogP contribution in [0.25, 0.3) is 0 Å². The predicted molar refractivity (Wildman–Crippen MR) is 78.0 cm³/mol. The van der Waals surface area contributed by atoms with Crippen LogP contribution < -0.4 is 5.32 Å². The number of hydrogen-bond acceptors (Lipinski definition) is 4. The highest BCUT2D eigenvalue weighted by Crippen LogP contribution is 2.23. The first kappa shape index (κ1) is 14.0. The van der Waals surface area contributed by atoms with Crippen LogP contribution in [-0.2, 0) is 0 Å². The smallest absolute Gasteiger partial charge is 0.0795 e. The highest BCUT2D eigenvalue weighted by Gasteiger charge is 2.21. The van der Waals surface area contributed by atoms with Crippen molar-refractivity contribution in [3.8, 4) is 0 Å². The Hall–Kier alpha value is -0.450. The largest absolute Gasteiger partial charge is 0.317 e. The van der Waals surface area contributed by atoms with Crippen molar-refractivity contribution in [2.75, 3.05) is 26.2 Å². The van der Waals surface area contributed by atoms with Gasteiger partial charge in [0.2, 0.25) is 0 Å². The molecule has 3 nitrogen and oxygen atoms in total. The second-order valence-electron chi connectivity index (χ2n) is 5.28. The van der Waals surface area contributed by atoms with Gasteiger partial charge in [-0.2, -0.15) is 0 Å². The molecule has 0 bridgehead atoms. The molecule has 0 saturated carbocycles. The van der Waals surface area contributed by atoms with Crippen LogP contribution in [0.4, 0.5) is 0 Å². The summed E-state index contributed by atoms with van der Waals surface area (Å²) in [6, 6.07) is 0.464. The van der Waals surface area contributed by atoms with Crippen LogP contribution in [0.15, 0.2) is 10.9 Å². The fraction of sp³-hybridized carbons (Fsp3) is 0.786. The molecule has 18 heavy (non-hydrogen) atoms. The summed E-state index contributed by atoms with van der Waals surface area (Å²) in [6.45, 7) is 9.36. The summed E-state index contributed by atoms with van der Waals surface area (Å²) in [5.74, 6) is 0.860. The molecule has 1 fully saturated rings. The first-order chi connectivity index (χ1) is 8.81. The molecule has 0 aliphatic carbocycles. The zero-order valence-corrected chi connectivity index (χ0v) is 12.4. The van der Waals surface area contributed by atoms with Crippen molar-refractivity contribution in [2.45, 2.75) is 39.2 Å². The van der Waals surface area contributed by atoms with Crippen molar-refractivity contribution in [2.24, 2.45) is 5.92 Å². The Morgan fingerprint density at radius 1 is 1.50 bits per heavy atom. The Labute approximate surface area is 115 Å². The Kier molecular flexibility index (Phi) is 5.60. The van der Waals surface area contributed by atoms with Crippen LogP contribution in [0.5, 0.6) is 0 Å². The summed E-state index contributed by atoms with van der Waals surface area (Å²) in [4.78, 5) is 7.09. The topological polar surface area (TPSA) is 28.2 Å². The van der Waals surface area contributed by atoms with Gasteiger partial charge in [-0.1, -0.05) is 6.92 Å². The fourth-order valence-electron chi connectivity index (χ4n) is 2.74. The maximum Gasteiger partial charge on any atom is 0.0795 e. The number of aromatic nitrogens is 1. The van der Waals surface area contributed by atoms with Crippen molar-refractivity contribution in [3.05, 3.63) is 16.6 Å². The number of nitrogens with zero attached hydrogens (tertiary/aromatic N) is 2. The molecule has 2 rings (SSSR count). The van der Waals surface area contributed by atoms with Crippen LogP contribution >= 0.6 is 11.3 Å². The van der Waals surface area contributed by atoms with E-state index in [9.17, 15) is 0 Å². The SMILES string of the molecule is CCCN(CC1CCNCC1)C(C)c1cscn1. The van der Waals surface area contributed by atoms with E-state index in [1.807, 2.05) is 5.51 Å². The van der Waals surface area contributed by atoms with Crippen LogP contribution in [0, 0.1) is 5.92 Å². The van der Waals surface area contributed by atoms with Crippen molar-refractivity contribution < 1.29 is 0 Å². The van der Waals surface area contributed by atoms with E-state index in [0.717, 1.165) is 5.92 Å². The second-order valence-corrected chi connectivity index (χ2v) is 6.00. The second kappa shape index (κ2) is 7.22. The van der Waals surface area contributed by atoms with E-state index in [1.54, 1.807) is 11.3 Å². The molecule has 4 heteroatoms. The monoisotopic (exact) mass is 267 g/mol. The van der Waals surface area contributed by atoms with Gasteiger partial charge in [-0.25, -0.2) is 4.98 Å². The number of hydrogen-bond donors (Lipinski definition) is 1. The normalized spacial score (nSPS) is 19.3. The number of thiazole rings is 1. The predicted octanol–water partition coefficient (Wildman–Crippen LogP) is 2.92. The lowest BCUT2D eigenvalue weighted by Crippen LogP contribution is -2.37. The molecular weight excluding hydrogens is 242 g/mol. The van der Waals surface area contributed by atoms with Gasteiger partial charge in [-0.3, -0.25) is 4.90 Å². The van der Waals surface area contributed by atoms with Crippen LogP contribution in [0.2, 0.25) is 0 Å². The van der Waals surface area contributed by atoms with Crippen LogP contribution in [0.1, 0.15) is 44.8 Å². The number of nitrogens with one attached hydrogen (secondary N) is 1. The van der Waals surface area contributed by atoms with Crippen molar-refractivity contribution >= 4 is 11.3 Å². The zero-order chi connectivity index (χ0) is 12.8. The van der Waals surface area contributed by atoms with E-state index >= 15 is 0 Å². The summed E-state index contributed by atoms with van der Waals surface area (Å²) in [5, 5.41) is 5.64. The van der Waals surface area contributed by atoms with Gasteiger partial charge < -0.3 is 5.32 Å². The van der Waals surface area contributed by atoms with Crippen molar-refractivity contribution in [1.82, 2.24) is 15.2 Å². The van der Waals surface area contributed by atoms with Gasteiger partial charge in [0.1, 0.15) is 0 Å². The van der Waals surface area contributed by atoms with E-state index in [2.05, 4.69) is 34.4 Å². The third-order valence-electron chi connectivity index (χ3n) is 3.89. The van der Waals surface area contributed by atoms with E-state index in [0.29, 0.717) is 6.04 Å². The standard InChI is InChI=1S/C14H25N3S/c1-3-8-17(9-13-4-6-15-7-5-13)12(2)14-10-18-11-16-14/h10-13,15H,3-9H2,1-2H3. The first-order valence-electron chi connectivity index (χ1n) is 7.14. The molecule has 0 spiro atoms. The van der Waals surface area contributed by atoms with Gasteiger partial charge >= 0.3 is 0 Å². The summed E-state index contributed by atoms with van der Waals surface area (Å²) < 4.78 is 0. The quantitative estimate of drug-likeness (QED) is 0.859. The molecule has 1 saturated heterocycles. The number of rotatable bonds is 6. The Morgan fingerprint density at radius 2 is 2.28 bits per heavy atom. The average Bonchev–Trinajstić information content (AvgIpc) is 2.92. The zero-order valence-electron chi connectivity index (χ0n) is 11.6. The van der Waals surface area contributed by atoms with Gasteiger partial charge in [-0.15, -0.1) is 11.3 Å². The lowest BCUT2D eigenvalue weighted by molar-refractivity contribution is 0.159. The Morgan fingerprint density at radius 3 is 2.89 bits per heavy atom. The van der Waals surface area contributed by atoms with Gasteiger partial charge in [-0.05, 0) is 51.7 Å². The highest BCUT2D eigenvalue weighted by atomic mass is 32.1. The van der Waals surface area contributed by atoms with E-state index in [-0.39, 0.29) is 0 Å². The average molecular weight is 267 g/mol. The third-order valence-corrected chi connectivity index (χ3v) is 4.49. The fourth-order valence-corrected chi connectivity index (χ4v) is 3.38. The van der Waals surface area contributed by atoms with Gasteiger partial charge in [0.25, 0.3) is 0 Å². The molecular formula is C14H25N3S. The third kappa shape index (κ3) is 3.77. The van der Waals surface area contributed by atoms with Gasteiger partial charge in [0, 0.05) is 11.9 Å². The molecule has 1 N–H and O–H groups in total. The molecule has 1 aliphatic rings. The molecule has 1 aliphatic heterocycles. The van der Waals surface area contributed by atoms with Crippen molar-refractivity contribution in [3.63, 3.8) is 0 Å². The first-order valence-corrected chi connectivity index (χ1v) is 8.08. The molecule has 1 aromatic heterocycles. The highest BCUT2D eigenvalue weighted by molar-refractivity contribution is 7.07. The lowest BCUT2D eigenvalue weighted by atomic mass is 9.96. The molecule has 2 heterocycles. The molecule has 0 radical (unpaired) electrons. The summed E-state index contributed by atoms with van der Waals surface area (Å²) >= 11 is 1.70. The van der Waals surface area contributed by atoms with Crippen molar-refractivity contribution in [1.29, 1.82) is 0 Å². The van der Waals surface area contributed by atoms with E-state index < -0.39 is 0 Å². The molecule has 1 atom stereocenters. The van der Waals surface area contributed by atoms with Gasteiger partial charge in [0.15, 0.2) is 0 Å². The maximum atomic E-state index is 4.48. The minimum Gasteiger partial charge on any atom is -0.317 e. The summed E-state index contributed by atoms with van der Waals surface area (Å²) in [6.07, 6.45) is 3.87. The molecule has 1 unspecified atom stereocenters. The van der Waals surface area contributed by atoms with E-state index in [1.165, 1.54) is 51.1 Å². The minimum absolute atomic E-state index is 0.464. The van der Waals surface area contributed by atoms with Crippen LogP contribution in [0.3, 0.4) is 0 Å². The Bertz CT molecular complexity index is 320. The molecule has 0 amide bonds. The summed E-state index contributed by atoms with van der Waals surface area (Å²) in [5.41, 5.74) is 3.18. The Balaban J connectivity index is 1.93. The molecule has 102 valence electrons. The lowest BCUT2D eigenvalue weighted by Gasteiger charge is -2.33. The molecule has 0 aromatic carbocycles. The van der Waals surface area contributed by atoms with Crippen LogP contribution in [-0.4, -0.2) is 36.1 Å². The number of piperidine rings is 1. The maximum absolute atomic E-state index is 4.48. The molecule has 1 aromatic rings. The van der Waals surface area contributed by atoms with Gasteiger partial charge in [0.05, 0.1) is 17.2 Å². The summed E-state index contributed by atoms with van der Waals surface area (Å²) in [7, 11) is 0. The van der Waals surface area contributed by atoms with E-state index in [4.69, 9.17) is 0 Å². The minimum atomic E-state index is 0.464.